The number of morpholine rings is 1. The molecule has 0 amide bonds. The molecule has 1 unspecified atom stereocenters. The number of ketones is 1. The van der Waals surface area contributed by atoms with Crippen LogP contribution in [-0.4, -0.2) is 31.6 Å². The molecule has 3 nitrogen and oxygen atoms in total. The summed E-state index contributed by atoms with van der Waals surface area (Å²) in [4.78, 5) is 10.9. The van der Waals surface area contributed by atoms with Crippen LogP contribution in [0.15, 0.2) is 12.7 Å². The summed E-state index contributed by atoms with van der Waals surface area (Å²) < 4.78 is 5.18. The van der Waals surface area contributed by atoms with Gasteiger partial charge in [-0.05, 0) is 6.08 Å². The molecule has 11 heavy (non-hydrogen) atoms. The Balaban J connectivity index is 2.24. The van der Waals surface area contributed by atoms with Gasteiger partial charge in [-0.1, -0.05) is 6.58 Å². The number of hydrogen-bond donors (Lipinski definition) is 1. The van der Waals surface area contributed by atoms with Crippen molar-refractivity contribution >= 4 is 5.78 Å². The summed E-state index contributed by atoms with van der Waals surface area (Å²) in [5.74, 6) is 0.0769. The molecule has 1 fully saturated rings. The van der Waals surface area contributed by atoms with Crippen LogP contribution in [0.5, 0.6) is 0 Å². The highest BCUT2D eigenvalue weighted by Gasteiger charge is 2.14. The second-order valence-corrected chi connectivity index (χ2v) is 2.60. The number of allylic oxidation sites excluding steroid dienone is 1. The molecule has 0 aliphatic carbocycles. The summed E-state index contributed by atoms with van der Waals surface area (Å²) in [5.41, 5.74) is 0. The number of ether oxygens (including phenoxy) is 1. The van der Waals surface area contributed by atoms with Crippen LogP contribution in [-0.2, 0) is 9.53 Å². The van der Waals surface area contributed by atoms with Gasteiger partial charge in [-0.3, -0.25) is 4.79 Å². The lowest BCUT2D eigenvalue weighted by Gasteiger charge is -2.22. The third-order valence-electron chi connectivity index (χ3n) is 1.67. The molecule has 0 aromatic rings. The maximum absolute atomic E-state index is 10.9. The fourth-order valence-corrected chi connectivity index (χ4v) is 1.08. The van der Waals surface area contributed by atoms with E-state index < -0.39 is 0 Å². The van der Waals surface area contributed by atoms with Gasteiger partial charge in [0.1, 0.15) is 0 Å². The summed E-state index contributed by atoms with van der Waals surface area (Å²) in [6.07, 6.45) is 1.86. The van der Waals surface area contributed by atoms with Gasteiger partial charge in [-0.15, -0.1) is 0 Å². The van der Waals surface area contributed by atoms with Crippen LogP contribution < -0.4 is 5.32 Å². The molecule has 1 aliphatic rings. The maximum atomic E-state index is 10.9. The van der Waals surface area contributed by atoms with Gasteiger partial charge in [0, 0.05) is 19.0 Å². The third-order valence-corrected chi connectivity index (χ3v) is 1.67. The fourth-order valence-electron chi connectivity index (χ4n) is 1.08. The van der Waals surface area contributed by atoms with Gasteiger partial charge in [0.15, 0.2) is 5.78 Å². The van der Waals surface area contributed by atoms with Gasteiger partial charge in [0.2, 0.25) is 0 Å². The Hall–Kier alpha value is -0.670. The van der Waals surface area contributed by atoms with Crippen LogP contribution >= 0.6 is 0 Å². The van der Waals surface area contributed by atoms with Crippen molar-refractivity contribution in [3.8, 4) is 0 Å². The predicted octanol–water partition coefficient (Wildman–Crippen LogP) is 0.120. The molecule has 0 saturated carbocycles. The van der Waals surface area contributed by atoms with Crippen molar-refractivity contribution in [3.63, 3.8) is 0 Å². The average molecular weight is 155 g/mol. The van der Waals surface area contributed by atoms with E-state index in [9.17, 15) is 4.79 Å². The molecule has 0 radical (unpaired) electrons. The van der Waals surface area contributed by atoms with E-state index in [1.54, 1.807) is 0 Å². The van der Waals surface area contributed by atoms with E-state index >= 15 is 0 Å². The maximum Gasteiger partial charge on any atom is 0.156 e. The Morgan fingerprint density at radius 3 is 3.18 bits per heavy atom. The van der Waals surface area contributed by atoms with Crippen molar-refractivity contribution in [3.05, 3.63) is 12.7 Å². The minimum Gasteiger partial charge on any atom is -0.378 e. The van der Waals surface area contributed by atoms with Crippen molar-refractivity contribution < 1.29 is 9.53 Å². The van der Waals surface area contributed by atoms with E-state index in [1.165, 1.54) is 6.08 Å². The molecule has 62 valence electrons. The monoisotopic (exact) mass is 155 g/mol. The number of hydrogen-bond acceptors (Lipinski definition) is 3. The topological polar surface area (TPSA) is 38.3 Å². The van der Waals surface area contributed by atoms with Crippen LogP contribution in [0.25, 0.3) is 0 Å². The molecule has 0 aromatic carbocycles. The number of nitrogens with one attached hydrogen (secondary N) is 1. The van der Waals surface area contributed by atoms with E-state index in [0.717, 1.165) is 13.2 Å². The molecule has 1 aliphatic heterocycles. The molecule has 0 spiro atoms. The predicted molar refractivity (Wildman–Crippen MR) is 42.4 cm³/mol. The molecular weight excluding hydrogens is 142 g/mol. The van der Waals surface area contributed by atoms with Crippen molar-refractivity contribution in [2.45, 2.75) is 12.5 Å². The third kappa shape index (κ3) is 2.82. The molecular formula is C8H13NO2. The quantitative estimate of drug-likeness (QED) is 0.588. The van der Waals surface area contributed by atoms with Gasteiger partial charge < -0.3 is 10.1 Å². The summed E-state index contributed by atoms with van der Waals surface area (Å²) >= 11 is 0. The summed E-state index contributed by atoms with van der Waals surface area (Å²) in [6.45, 7) is 5.64. The first-order valence-electron chi connectivity index (χ1n) is 3.79. The van der Waals surface area contributed by atoms with Crippen LogP contribution in [0.2, 0.25) is 0 Å². The van der Waals surface area contributed by atoms with E-state index in [1.807, 2.05) is 0 Å². The lowest BCUT2D eigenvalue weighted by Crippen LogP contribution is -2.42. The minimum atomic E-state index is 0.0769. The van der Waals surface area contributed by atoms with E-state index in [-0.39, 0.29) is 11.8 Å². The van der Waals surface area contributed by atoms with E-state index in [2.05, 4.69) is 11.9 Å². The second-order valence-electron chi connectivity index (χ2n) is 2.60. The minimum absolute atomic E-state index is 0.0769. The van der Waals surface area contributed by atoms with E-state index in [0.29, 0.717) is 13.0 Å². The van der Waals surface area contributed by atoms with Crippen LogP contribution in [0.4, 0.5) is 0 Å². The molecule has 1 atom stereocenters. The standard InChI is InChI=1S/C8H13NO2/c1-2-8(10)5-7-6-11-4-3-9-7/h2,7,9H,1,3-6H2. The smallest absolute Gasteiger partial charge is 0.156 e. The molecule has 0 aromatic heterocycles. The lowest BCUT2D eigenvalue weighted by molar-refractivity contribution is -0.115. The number of rotatable bonds is 3. The van der Waals surface area contributed by atoms with Crippen LogP contribution in [0.3, 0.4) is 0 Å². The number of carbonyl (C=O) groups is 1. The highest BCUT2D eigenvalue weighted by molar-refractivity contribution is 5.89. The van der Waals surface area contributed by atoms with Gasteiger partial charge in [0.25, 0.3) is 0 Å². The summed E-state index contributed by atoms with van der Waals surface area (Å²) in [6, 6.07) is 0.189. The fraction of sp³-hybridized carbons (Fsp3) is 0.625. The molecule has 3 heteroatoms. The van der Waals surface area contributed by atoms with E-state index in [4.69, 9.17) is 4.74 Å². The Labute approximate surface area is 66.4 Å². The van der Waals surface area contributed by atoms with Gasteiger partial charge >= 0.3 is 0 Å². The molecule has 1 saturated heterocycles. The largest absolute Gasteiger partial charge is 0.378 e. The average Bonchev–Trinajstić information content (AvgIpc) is 2.06. The Morgan fingerprint density at radius 1 is 1.82 bits per heavy atom. The Morgan fingerprint density at radius 2 is 2.64 bits per heavy atom. The number of carbonyl (C=O) groups excluding carboxylic acids is 1. The first kappa shape index (κ1) is 8.43. The first-order chi connectivity index (χ1) is 5.33. The zero-order valence-corrected chi connectivity index (χ0v) is 6.51. The molecule has 1 heterocycles. The second kappa shape index (κ2) is 4.26. The molecule has 1 rings (SSSR count). The zero-order valence-electron chi connectivity index (χ0n) is 6.51. The lowest BCUT2D eigenvalue weighted by atomic mass is 10.1. The van der Waals surface area contributed by atoms with Crippen LogP contribution in [0.1, 0.15) is 6.42 Å². The normalized spacial score (nSPS) is 24.5. The van der Waals surface area contributed by atoms with Gasteiger partial charge in [-0.25, -0.2) is 0 Å². The summed E-state index contributed by atoms with van der Waals surface area (Å²) in [5, 5.41) is 3.19. The first-order valence-corrected chi connectivity index (χ1v) is 3.79. The van der Waals surface area contributed by atoms with Gasteiger partial charge in [-0.2, -0.15) is 0 Å². The van der Waals surface area contributed by atoms with Crippen molar-refractivity contribution in [1.29, 1.82) is 0 Å². The SMILES string of the molecule is C=CC(=O)CC1COCCN1. The van der Waals surface area contributed by atoms with Crippen molar-refractivity contribution in [2.75, 3.05) is 19.8 Å². The van der Waals surface area contributed by atoms with Crippen LogP contribution in [0, 0.1) is 0 Å². The summed E-state index contributed by atoms with van der Waals surface area (Å²) in [7, 11) is 0. The van der Waals surface area contributed by atoms with Gasteiger partial charge in [0.05, 0.1) is 13.2 Å². The zero-order chi connectivity index (χ0) is 8.10. The highest BCUT2D eigenvalue weighted by atomic mass is 16.5. The highest BCUT2D eigenvalue weighted by Crippen LogP contribution is 1.99. The molecule has 0 bridgehead atoms. The Bertz CT molecular complexity index is 150. The molecule has 1 N–H and O–H groups in total. The Kier molecular flexibility index (Phi) is 3.26. The van der Waals surface area contributed by atoms with Crippen molar-refractivity contribution in [1.82, 2.24) is 5.32 Å². The van der Waals surface area contributed by atoms with Crippen molar-refractivity contribution in [2.24, 2.45) is 0 Å².